The van der Waals surface area contributed by atoms with Crippen LogP contribution in [0.3, 0.4) is 0 Å². The summed E-state index contributed by atoms with van der Waals surface area (Å²) in [7, 11) is 0. The van der Waals surface area contributed by atoms with Crippen molar-refractivity contribution < 1.29 is 0 Å². The van der Waals surface area contributed by atoms with E-state index in [1.54, 1.807) is 21.5 Å². The van der Waals surface area contributed by atoms with Crippen molar-refractivity contribution in [3.63, 3.8) is 0 Å². The number of hydrogen-bond donors (Lipinski definition) is 0. The van der Waals surface area contributed by atoms with Gasteiger partial charge in [0.25, 0.3) is 5.56 Å². The molecule has 0 radical (unpaired) electrons. The maximum absolute atomic E-state index is 12.3. The van der Waals surface area contributed by atoms with Crippen molar-refractivity contribution in [2.45, 2.75) is 39.2 Å². The van der Waals surface area contributed by atoms with E-state index in [1.807, 2.05) is 19.9 Å². The zero-order valence-corrected chi connectivity index (χ0v) is 18.1. The molecule has 1 saturated heterocycles. The van der Waals surface area contributed by atoms with E-state index >= 15 is 0 Å². The molecule has 31 heavy (non-hydrogen) atoms. The molecule has 1 saturated carbocycles. The van der Waals surface area contributed by atoms with Crippen LogP contribution in [0.2, 0.25) is 0 Å². The topological polar surface area (TPSA) is 85.0 Å². The minimum Gasteiger partial charge on any atom is -0.353 e. The van der Waals surface area contributed by atoms with Gasteiger partial charge in [-0.15, -0.1) is 10.2 Å². The van der Waals surface area contributed by atoms with Gasteiger partial charge in [0.05, 0.1) is 17.9 Å². The molecule has 2 fully saturated rings. The Labute approximate surface area is 181 Å². The van der Waals surface area contributed by atoms with Gasteiger partial charge in [0.15, 0.2) is 11.6 Å². The van der Waals surface area contributed by atoms with E-state index in [9.17, 15) is 4.79 Å². The van der Waals surface area contributed by atoms with Crippen LogP contribution in [0.4, 0.5) is 5.82 Å². The molecule has 0 N–H and O–H groups in total. The highest BCUT2D eigenvalue weighted by atomic mass is 16.1. The van der Waals surface area contributed by atoms with Crippen molar-refractivity contribution in [1.29, 1.82) is 0 Å². The summed E-state index contributed by atoms with van der Waals surface area (Å²) in [5, 5.41) is 17.8. The molecule has 3 aromatic heterocycles. The number of anilines is 1. The molecule has 0 unspecified atom stereocenters. The third-order valence-corrected chi connectivity index (χ3v) is 6.07. The molecule has 0 spiro atoms. The van der Waals surface area contributed by atoms with Gasteiger partial charge < -0.3 is 4.90 Å². The van der Waals surface area contributed by atoms with Gasteiger partial charge in [-0.1, -0.05) is 0 Å². The van der Waals surface area contributed by atoms with Crippen LogP contribution in [0.25, 0.3) is 5.82 Å². The van der Waals surface area contributed by atoms with Gasteiger partial charge in [0, 0.05) is 50.4 Å². The Morgan fingerprint density at radius 2 is 1.68 bits per heavy atom. The molecule has 0 amide bonds. The summed E-state index contributed by atoms with van der Waals surface area (Å²) >= 11 is 0. The third kappa shape index (κ3) is 4.36. The molecule has 4 heterocycles. The largest absolute Gasteiger partial charge is 0.353 e. The summed E-state index contributed by atoms with van der Waals surface area (Å²) in [6, 6.07) is 9.53. The molecule has 9 nitrogen and oxygen atoms in total. The summed E-state index contributed by atoms with van der Waals surface area (Å²) in [5.74, 6) is 2.26. The number of rotatable bonds is 6. The van der Waals surface area contributed by atoms with Crippen molar-refractivity contribution in [3.8, 4) is 5.82 Å². The molecule has 0 atom stereocenters. The molecule has 3 aromatic rings. The smallest absolute Gasteiger partial charge is 0.266 e. The second-order valence-electron chi connectivity index (χ2n) is 8.51. The average molecular weight is 421 g/mol. The molecule has 0 aromatic carbocycles. The average Bonchev–Trinajstić information content (AvgIpc) is 3.58. The van der Waals surface area contributed by atoms with Gasteiger partial charge >= 0.3 is 0 Å². The van der Waals surface area contributed by atoms with Gasteiger partial charge in [-0.2, -0.15) is 10.2 Å². The highest BCUT2D eigenvalue weighted by Crippen LogP contribution is 2.38. The Morgan fingerprint density at radius 3 is 2.32 bits per heavy atom. The maximum atomic E-state index is 12.3. The number of hydrogen-bond acceptors (Lipinski definition) is 7. The van der Waals surface area contributed by atoms with Crippen molar-refractivity contribution in [1.82, 2.24) is 34.7 Å². The Morgan fingerprint density at radius 1 is 0.903 bits per heavy atom. The quantitative estimate of drug-likeness (QED) is 0.598. The first-order valence-electron chi connectivity index (χ1n) is 11.0. The van der Waals surface area contributed by atoms with E-state index < -0.39 is 0 Å². The van der Waals surface area contributed by atoms with Crippen LogP contribution < -0.4 is 10.5 Å². The first-order chi connectivity index (χ1) is 15.1. The Bertz CT molecular complexity index is 1110. The third-order valence-electron chi connectivity index (χ3n) is 6.07. The monoisotopic (exact) mass is 420 g/mol. The molecule has 2 aliphatic rings. The molecule has 1 aliphatic heterocycles. The second-order valence-corrected chi connectivity index (χ2v) is 8.51. The van der Waals surface area contributed by atoms with Crippen LogP contribution >= 0.6 is 0 Å². The first kappa shape index (κ1) is 19.9. The number of aromatic nitrogens is 6. The van der Waals surface area contributed by atoms with Crippen LogP contribution in [-0.4, -0.2) is 67.4 Å². The SMILES string of the molecule is Cc1cc(C)n(-c2ccc(=O)n(CCN3CCN(c4ccc(C5CC5)nn4)CC3)n2)n1. The zero-order chi connectivity index (χ0) is 21.4. The van der Waals surface area contributed by atoms with Crippen molar-refractivity contribution >= 4 is 5.82 Å². The predicted molar refractivity (Wildman–Crippen MR) is 118 cm³/mol. The lowest BCUT2D eigenvalue weighted by Gasteiger charge is -2.35. The summed E-state index contributed by atoms with van der Waals surface area (Å²) in [6.45, 7) is 8.95. The first-order valence-corrected chi connectivity index (χ1v) is 11.0. The molecule has 0 bridgehead atoms. The fourth-order valence-corrected chi connectivity index (χ4v) is 4.11. The van der Waals surface area contributed by atoms with Crippen molar-refractivity contribution in [2.75, 3.05) is 37.6 Å². The van der Waals surface area contributed by atoms with Gasteiger partial charge in [-0.3, -0.25) is 9.69 Å². The summed E-state index contributed by atoms with van der Waals surface area (Å²) in [6.07, 6.45) is 2.49. The molecular formula is C22H28N8O. The Balaban J connectivity index is 1.18. The van der Waals surface area contributed by atoms with Gasteiger partial charge in [0.1, 0.15) is 0 Å². The van der Waals surface area contributed by atoms with Gasteiger partial charge in [-0.25, -0.2) is 9.36 Å². The van der Waals surface area contributed by atoms with Gasteiger partial charge in [-0.05, 0) is 51.0 Å². The second kappa shape index (κ2) is 8.22. The molecule has 162 valence electrons. The fourth-order valence-electron chi connectivity index (χ4n) is 4.11. The van der Waals surface area contributed by atoms with E-state index in [1.165, 1.54) is 12.8 Å². The fraction of sp³-hybridized carbons (Fsp3) is 0.500. The maximum Gasteiger partial charge on any atom is 0.266 e. The lowest BCUT2D eigenvalue weighted by molar-refractivity contribution is 0.242. The van der Waals surface area contributed by atoms with E-state index in [4.69, 9.17) is 0 Å². The Kier molecular flexibility index (Phi) is 5.27. The van der Waals surface area contributed by atoms with E-state index in [0.29, 0.717) is 18.3 Å². The molecule has 9 heteroatoms. The van der Waals surface area contributed by atoms with Crippen LogP contribution in [0.5, 0.6) is 0 Å². The highest BCUT2D eigenvalue weighted by Gasteiger charge is 2.26. The predicted octanol–water partition coefficient (Wildman–Crippen LogP) is 1.54. The number of aryl methyl sites for hydroxylation is 2. The standard InChI is InChI=1S/C22H28N8O/c1-16-15-17(2)30(25-16)21-7-8-22(31)29(26-21)14-11-27-9-12-28(13-10-27)20-6-5-19(23-24-20)18-3-4-18/h5-8,15,18H,3-4,9-14H2,1-2H3. The van der Waals surface area contributed by atoms with Crippen LogP contribution in [-0.2, 0) is 6.54 Å². The van der Waals surface area contributed by atoms with Crippen molar-refractivity contribution in [2.24, 2.45) is 0 Å². The summed E-state index contributed by atoms with van der Waals surface area (Å²) in [5.41, 5.74) is 2.97. The van der Waals surface area contributed by atoms with E-state index in [0.717, 1.165) is 55.6 Å². The minimum absolute atomic E-state index is 0.0880. The lowest BCUT2D eigenvalue weighted by atomic mass is 10.2. The number of nitrogens with zero attached hydrogens (tertiary/aromatic N) is 8. The van der Waals surface area contributed by atoms with E-state index in [2.05, 4.69) is 42.3 Å². The molecular weight excluding hydrogens is 392 g/mol. The van der Waals surface area contributed by atoms with Crippen LogP contribution in [0, 0.1) is 13.8 Å². The molecule has 1 aliphatic carbocycles. The van der Waals surface area contributed by atoms with Crippen LogP contribution in [0.1, 0.15) is 35.8 Å². The summed E-state index contributed by atoms with van der Waals surface area (Å²) < 4.78 is 3.32. The minimum atomic E-state index is -0.0880. The summed E-state index contributed by atoms with van der Waals surface area (Å²) in [4.78, 5) is 17.0. The number of piperazine rings is 1. The normalized spacial score (nSPS) is 17.3. The Hall–Kier alpha value is -3.07. The molecule has 5 rings (SSSR count). The lowest BCUT2D eigenvalue weighted by Crippen LogP contribution is -2.48. The van der Waals surface area contributed by atoms with Crippen LogP contribution in [0.15, 0.2) is 35.1 Å². The highest BCUT2D eigenvalue weighted by molar-refractivity contribution is 5.38. The zero-order valence-electron chi connectivity index (χ0n) is 18.1. The van der Waals surface area contributed by atoms with Gasteiger partial charge in [0.2, 0.25) is 0 Å². The van der Waals surface area contributed by atoms with Crippen molar-refractivity contribution in [3.05, 3.63) is 57.8 Å². The van der Waals surface area contributed by atoms with E-state index in [-0.39, 0.29) is 5.56 Å².